The second-order valence-corrected chi connectivity index (χ2v) is 9.53. The first-order valence-corrected chi connectivity index (χ1v) is 12.5. The molecule has 3 aromatic carbocycles. The summed E-state index contributed by atoms with van der Waals surface area (Å²) in [6, 6.07) is 17.9. The number of amides is 1. The van der Waals surface area contributed by atoms with Gasteiger partial charge in [-0.15, -0.1) is 12.4 Å². The monoisotopic (exact) mass is 511 g/mol. The number of methoxy groups -OCH3 is 1. The summed E-state index contributed by atoms with van der Waals surface area (Å²) in [5, 5.41) is 2.73. The summed E-state index contributed by atoms with van der Waals surface area (Å²) in [6.45, 7) is 7.02. The molecule has 2 heterocycles. The van der Waals surface area contributed by atoms with Crippen LogP contribution >= 0.6 is 23.7 Å². The number of morpholine rings is 1. The van der Waals surface area contributed by atoms with E-state index >= 15 is 0 Å². The van der Waals surface area contributed by atoms with Crippen LogP contribution in [0.3, 0.4) is 0 Å². The number of hydrogen-bond donors (Lipinski definition) is 0. The Labute approximate surface area is 215 Å². The predicted molar refractivity (Wildman–Crippen MR) is 146 cm³/mol. The number of fused-ring (bicyclic) bond motifs is 2. The van der Waals surface area contributed by atoms with Crippen LogP contribution in [0, 0.1) is 6.92 Å². The van der Waals surface area contributed by atoms with Crippen LogP contribution in [0.4, 0.5) is 5.13 Å². The number of hydrogen-bond acceptors (Lipinski definition) is 6. The zero-order valence-corrected chi connectivity index (χ0v) is 21.7. The number of benzene rings is 3. The Kier molecular flexibility index (Phi) is 8.23. The maximum Gasteiger partial charge on any atom is 0.260 e. The van der Waals surface area contributed by atoms with E-state index in [1.54, 1.807) is 18.4 Å². The highest BCUT2D eigenvalue weighted by atomic mass is 35.5. The van der Waals surface area contributed by atoms with Gasteiger partial charge in [-0.25, -0.2) is 4.98 Å². The summed E-state index contributed by atoms with van der Waals surface area (Å²) in [5.74, 6) is 0.712. The van der Waals surface area contributed by atoms with Crippen molar-refractivity contribution < 1.29 is 14.3 Å². The van der Waals surface area contributed by atoms with Crippen molar-refractivity contribution in [1.29, 1.82) is 0 Å². The summed E-state index contributed by atoms with van der Waals surface area (Å²) in [5.41, 5.74) is 2.64. The molecule has 35 heavy (non-hydrogen) atoms. The first-order valence-electron chi connectivity index (χ1n) is 11.7. The second-order valence-electron chi connectivity index (χ2n) is 8.55. The number of halogens is 1. The van der Waals surface area contributed by atoms with Crippen LogP contribution < -0.4 is 9.64 Å². The standard InChI is InChI=1S/C27H29N3O3S.ClH/c1-19-11-12-23(32-2)24-25(19)34-27(28-24)30(14-6-13-29-15-17-33-18-16-29)26(31)22-10-5-8-20-7-3-4-9-21(20)22;/h3-5,7-12H,6,13-18H2,1-2H3;1H. The van der Waals surface area contributed by atoms with Crippen molar-refractivity contribution in [3.8, 4) is 5.75 Å². The van der Waals surface area contributed by atoms with Crippen LogP contribution in [-0.4, -0.2) is 62.3 Å². The van der Waals surface area contributed by atoms with Crippen LogP contribution in [-0.2, 0) is 4.74 Å². The fourth-order valence-corrected chi connectivity index (χ4v) is 5.57. The van der Waals surface area contributed by atoms with Gasteiger partial charge in [0.15, 0.2) is 5.13 Å². The summed E-state index contributed by atoms with van der Waals surface area (Å²) >= 11 is 1.56. The number of aromatic nitrogens is 1. The van der Waals surface area contributed by atoms with Gasteiger partial charge in [-0.05, 0) is 41.8 Å². The molecule has 0 saturated carbocycles. The van der Waals surface area contributed by atoms with E-state index in [1.807, 2.05) is 59.5 Å². The Balaban J connectivity index is 0.00000289. The minimum absolute atomic E-state index is 0. The van der Waals surface area contributed by atoms with Crippen LogP contribution in [0.15, 0.2) is 54.6 Å². The van der Waals surface area contributed by atoms with E-state index < -0.39 is 0 Å². The summed E-state index contributed by atoms with van der Waals surface area (Å²) < 4.78 is 12.1. The fourth-order valence-electron chi connectivity index (χ4n) is 4.50. The van der Waals surface area contributed by atoms with Gasteiger partial charge >= 0.3 is 0 Å². The molecule has 0 aliphatic carbocycles. The number of ether oxygens (including phenoxy) is 2. The normalized spacial score (nSPS) is 14.1. The number of nitrogens with zero attached hydrogens (tertiary/aromatic N) is 3. The molecule has 0 atom stereocenters. The van der Waals surface area contributed by atoms with Gasteiger partial charge in [-0.3, -0.25) is 14.6 Å². The van der Waals surface area contributed by atoms with E-state index in [2.05, 4.69) is 11.8 Å². The smallest absolute Gasteiger partial charge is 0.260 e. The average molecular weight is 512 g/mol. The second kappa shape index (κ2) is 11.4. The molecule has 6 nitrogen and oxygen atoms in total. The number of anilines is 1. The molecular formula is C27H30ClN3O3S. The number of carbonyl (C=O) groups excluding carboxylic acids is 1. The Morgan fingerprint density at radius 2 is 1.89 bits per heavy atom. The molecule has 0 bridgehead atoms. The summed E-state index contributed by atoms with van der Waals surface area (Å²) in [6.07, 6.45) is 0.864. The number of aryl methyl sites for hydroxylation is 1. The maximum atomic E-state index is 14.0. The summed E-state index contributed by atoms with van der Waals surface area (Å²) in [7, 11) is 1.66. The van der Waals surface area contributed by atoms with Crippen LogP contribution in [0.5, 0.6) is 5.75 Å². The van der Waals surface area contributed by atoms with Crippen LogP contribution in [0.1, 0.15) is 22.3 Å². The highest BCUT2D eigenvalue weighted by Crippen LogP contribution is 2.37. The van der Waals surface area contributed by atoms with Gasteiger partial charge in [0.2, 0.25) is 0 Å². The van der Waals surface area contributed by atoms with E-state index in [4.69, 9.17) is 14.5 Å². The number of rotatable bonds is 7. The van der Waals surface area contributed by atoms with Crippen molar-refractivity contribution >= 4 is 55.8 Å². The van der Waals surface area contributed by atoms with Gasteiger partial charge in [0.1, 0.15) is 11.3 Å². The van der Waals surface area contributed by atoms with Crippen molar-refractivity contribution in [2.24, 2.45) is 0 Å². The van der Waals surface area contributed by atoms with Crippen molar-refractivity contribution in [3.05, 3.63) is 65.7 Å². The lowest BCUT2D eigenvalue weighted by Gasteiger charge is -2.28. The lowest BCUT2D eigenvalue weighted by molar-refractivity contribution is 0.0376. The Bertz CT molecular complexity index is 1310. The molecule has 184 valence electrons. The molecular weight excluding hydrogens is 482 g/mol. The minimum atomic E-state index is -0.0190. The third-order valence-corrected chi connectivity index (χ3v) is 7.58. The van der Waals surface area contributed by atoms with Gasteiger partial charge in [0.25, 0.3) is 5.91 Å². The van der Waals surface area contributed by atoms with Crippen molar-refractivity contribution in [2.45, 2.75) is 13.3 Å². The van der Waals surface area contributed by atoms with Gasteiger partial charge in [-0.1, -0.05) is 53.8 Å². The molecule has 0 N–H and O–H groups in total. The van der Waals surface area contributed by atoms with E-state index in [1.165, 1.54) is 0 Å². The number of thiazole rings is 1. The molecule has 1 aliphatic heterocycles. The molecule has 1 aliphatic rings. The maximum absolute atomic E-state index is 14.0. The van der Waals surface area contributed by atoms with Crippen LogP contribution in [0.2, 0.25) is 0 Å². The van der Waals surface area contributed by atoms with Gasteiger partial charge in [0, 0.05) is 31.7 Å². The van der Waals surface area contributed by atoms with Crippen molar-refractivity contribution in [2.75, 3.05) is 51.4 Å². The Morgan fingerprint density at radius 1 is 1.11 bits per heavy atom. The Hall–Kier alpha value is -2.71. The van der Waals surface area contributed by atoms with Crippen molar-refractivity contribution in [3.63, 3.8) is 0 Å². The highest BCUT2D eigenvalue weighted by Gasteiger charge is 2.24. The van der Waals surface area contributed by atoms with Crippen molar-refractivity contribution in [1.82, 2.24) is 9.88 Å². The topological polar surface area (TPSA) is 54.9 Å². The van der Waals surface area contributed by atoms with Crippen LogP contribution in [0.25, 0.3) is 21.0 Å². The molecule has 8 heteroatoms. The third-order valence-electron chi connectivity index (χ3n) is 6.37. The average Bonchev–Trinajstić information content (AvgIpc) is 3.33. The molecule has 1 aromatic heterocycles. The van der Waals surface area contributed by atoms with Gasteiger partial charge in [-0.2, -0.15) is 0 Å². The molecule has 0 unspecified atom stereocenters. The van der Waals surface area contributed by atoms with E-state index in [-0.39, 0.29) is 18.3 Å². The molecule has 1 fully saturated rings. The summed E-state index contributed by atoms with van der Waals surface area (Å²) in [4.78, 5) is 23.1. The largest absolute Gasteiger partial charge is 0.494 e. The highest BCUT2D eigenvalue weighted by molar-refractivity contribution is 7.22. The van der Waals surface area contributed by atoms with Gasteiger partial charge < -0.3 is 9.47 Å². The Morgan fingerprint density at radius 3 is 2.69 bits per heavy atom. The predicted octanol–water partition coefficient (Wildman–Crippen LogP) is 5.56. The first-order chi connectivity index (χ1) is 16.7. The SMILES string of the molecule is COc1ccc(C)c2sc(N(CCCN3CCOCC3)C(=O)c3cccc4ccccc34)nc12.Cl. The quantitative estimate of drug-likeness (QED) is 0.325. The van der Waals surface area contributed by atoms with E-state index in [9.17, 15) is 4.79 Å². The zero-order chi connectivity index (χ0) is 23.5. The van der Waals surface area contributed by atoms with E-state index in [0.717, 1.165) is 71.6 Å². The lowest BCUT2D eigenvalue weighted by atomic mass is 10.0. The molecule has 0 radical (unpaired) electrons. The molecule has 0 spiro atoms. The minimum Gasteiger partial charge on any atom is -0.494 e. The third kappa shape index (κ3) is 5.28. The lowest BCUT2D eigenvalue weighted by Crippen LogP contribution is -2.39. The molecule has 1 saturated heterocycles. The molecule has 1 amide bonds. The fraction of sp³-hybridized carbons (Fsp3) is 0.333. The zero-order valence-electron chi connectivity index (χ0n) is 20.0. The number of carbonyl (C=O) groups is 1. The molecule has 5 rings (SSSR count). The van der Waals surface area contributed by atoms with E-state index in [0.29, 0.717) is 17.2 Å². The first kappa shape index (κ1) is 25.4. The van der Waals surface area contributed by atoms with Gasteiger partial charge in [0.05, 0.1) is 25.0 Å². The molecule has 4 aromatic rings.